The Hall–Kier alpha value is -0.930. The maximum absolute atomic E-state index is 5.31. The second-order valence-electron chi connectivity index (χ2n) is 2.38. The standard InChI is InChI=1S/C8H9N2O/c1-2-4-9-7(3-1)8-10-5-6-11-8/h1-4,8H,5-6H2. The van der Waals surface area contributed by atoms with Gasteiger partial charge in [-0.3, -0.25) is 4.98 Å². The van der Waals surface area contributed by atoms with E-state index in [4.69, 9.17) is 4.74 Å². The highest BCUT2D eigenvalue weighted by molar-refractivity contribution is 5.06. The minimum absolute atomic E-state index is 0.115. The topological polar surface area (TPSA) is 36.2 Å². The molecule has 1 aromatic heterocycles. The van der Waals surface area contributed by atoms with Crippen molar-refractivity contribution in [3.05, 3.63) is 30.1 Å². The molecule has 0 N–H and O–H groups in total. The lowest BCUT2D eigenvalue weighted by Gasteiger charge is -2.05. The van der Waals surface area contributed by atoms with Crippen molar-refractivity contribution in [1.29, 1.82) is 0 Å². The first kappa shape index (κ1) is 6.76. The summed E-state index contributed by atoms with van der Waals surface area (Å²) in [6, 6.07) is 5.76. The molecule has 1 aromatic rings. The Morgan fingerprint density at radius 1 is 1.45 bits per heavy atom. The average Bonchev–Trinajstić information content (AvgIpc) is 2.58. The number of aromatic nitrogens is 1. The van der Waals surface area contributed by atoms with Crippen molar-refractivity contribution in [1.82, 2.24) is 10.3 Å². The monoisotopic (exact) mass is 149 g/mol. The molecule has 1 unspecified atom stereocenters. The van der Waals surface area contributed by atoms with E-state index in [2.05, 4.69) is 10.3 Å². The first-order valence-electron chi connectivity index (χ1n) is 3.66. The molecular formula is C8H9N2O. The Kier molecular flexibility index (Phi) is 1.83. The molecule has 1 aliphatic heterocycles. The molecule has 1 aliphatic rings. The van der Waals surface area contributed by atoms with Crippen molar-refractivity contribution in [3.8, 4) is 0 Å². The van der Waals surface area contributed by atoms with E-state index in [0.717, 1.165) is 18.8 Å². The summed E-state index contributed by atoms with van der Waals surface area (Å²) in [7, 11) is 0. The number of hydrogen-bond acceptors (Lipinski definition) is 2. The van der Waals surface area contributed by atoms with Crippen LogP contribution in [-0.2, 0) is 4.74 Å². The lowest BCUT2D eigenvalue weighted by atomic mass is 10.3. The van der Waals surface area contributed by atoms with E-state index in [1.54, 1.807) is 6.20 Å². The molecule has 1 atom stereocenters. The minimum atomic E-state index is -0.115. The van der Waals surface area contributed by atoms with Crippen molar-refractivity contribution >= 4 is 0 Å². The van der Waals surface area contributed by atoms with E-state index in [1.807, 2.05) is 18.2 Å². The zero-order chi connectivity index (χ0) is 7.52. The zero-order valence-electron chi connectivity index (χ0n) is 6.10. The zero-order valence-corrected chi connectivity index (χ0v) is 6.10. The van der Waals surface area contributed by atoms with E-state index in [-0.39, 0.29) is 6.23 Å². The van der Waals surface area contributed by atoms with E-state index in [0.29, 0.717) is 0 Å². The third-order valence-corrected chi connectivity index (χ3v) is 1.60. The summed E-state index contributed by atoms with van der Waals surface area (Å²) in [5.74, 6) is 0. The van der Waals surface area contributed by atoms with Crippen molar-refractivity contribution in [3.63, 3.8) is 0 Å². The summed E-state index contributed by atoms with van der Waals surface area (Å²) in [4.78, 5) is 4.14. The van der Waals surface area contributed by atoms with Gasteiger partial charge in [-0.2, -0.15) is 0 Å². The van der Waals surface area contributed by atoms with Crippen LogP contribution in [0.5, 0.6) is 0 Å². The van der Waals surface area contributed by atoms with Crippen molar-refractivity contribution < 1.29 is 4.74 Å². The van der Waals surface area contributed by atoms with Crippen molar-refractivity contribution in [2.45, 2.75) is 6.23 Å². The fourth-order valence-corrected chi connectivity index (χ4v) is 1.09. The summed E-state index contributed by atoms with van der Waals surface area (Å²) in [6.45, 7) is 1.52. The Bertz CT molecular complexity index is 219. The molecule has 1 fully saturated rings. The summed E-state index contributed by atoms with van der Waals surface area (Å²) >= 11 is 0. The fraction of sp³-hybridized carbons (Fsp3) is 0.375. The van der Waals surface area contributed by atoms with Crippen LogP contribution < -0.4 is 5.32 Å². The maximum Gasteiger partial charge on any atom is 0.166 e. The predicted octanol–water partition coefficient (Wildman–Crippen LogP) is 0.715. The smallest absolute Gasteiger partial charge is 0.166 e. The lowest BCUT2D eigenvalue weighted by molar-refractivity contribution is 0.0969. The predicted molar refractivity (Wildman–Crippen MR) is 39.9 cm³/mol. The van der Waals surface area contributed by atoms with Crippen LogP contribution in [0.4, 0.5) is 0 Å². The van der Waals surface area contributed by atoms with Gasteiger partial charge in [-0.15, -0.1) is 0 Å². The van der Waals surface area contributed by atoms with Gasteiger partial charge in [0.2, 0.25) is 0 Å². The van der Waals surface area contributed by atoms with Gasteiger partial charge in [0.1, 0.15) is 0 Å². The minimum Gasteiger partial charge on any atom is -0.355 e. The third-order valence-electron chi connectivity index (χ3n) is 1.60. The van der Waals surface area contributed by atoms with Crippen LogP contribution >= 0.6 is 0 Å². The van der Waals surface area contributed by atoms with Gasteiger partial charge >= 0.3 is 0 Å². The second kappa shape index (κ2) is 2.98. The number of pyridine rings is 1. The van der Waals surface area contributed by atoms with E-state index >= 15 is 0 Å². The van der Waals surface area contributed by atoms with E-state index in [1.165, 1.54) is 0 Å². The number of ether oxygens (including phenoxy) is 1. The van der Waals surface area contributed by atoms with Crippen LogP contribution in [0.2, 0.25) is 0 Å². The molecule has 1 saturated heterocycles. The summed E-state index contributed by atoms with van der Waals surface area (Å²) in [5, 5.41) is 4.22. The normalized spacial score (nSPS) is 23.8. The molecule has 3 heteroatoms. The average molecular weight is 149 g/mol. The quantitative estimate of drug-likeness (QED) is 0.589. The van der Waals surface area contributed by atoms with Crippen molar-refractivity contribution in [2.24, 2.45) is 0 Å². The molecule has 0 bridgehead atoms. The second-order valence-corrected chi connectivity index (χ2v) is 2.38. The Balaban J connectivity index is 2.16. The van der Waals surface area contributed by atoms with Gasteiger partial charge in [0.25, 0.3) is 0 Å². The van der Waals surface area contributed by atoms with Crippen LogP contribution in [-0.4, -0.2) is 18.1 Å². The Morgan fingerprint density at radius 2 is 2.45 bits per heavy atom. The fourth-order valence-electron chi connectivity index (χ4n) is 1.09. The lowest BCUT2D eigenvalue weighted by Crippen LogP contribution is -2.07. The highest BCUT2D eigenvalue weighted by atomic mass is 16.5. The van der Waals surface area contributed by atoms with Gasteiger partial charge in [0, 0.05) is 12.7 Å². The molecule has 0 spiro atoms. The highest BCUT2D eigenvalue weighted by Crippen LogP contribution is 2.15. The van der Waals surface area contributed by atoms with E-state index < -0.39 is 0 Å². The first-order valence-corrected chi connectivity index (χ1v) is 3.66. The molecule has 0 aliphatic carbocycles. The van der Waals surface area contributed by atoms with Crippen LogP contribution in [0.1, 0.15) is 11.9 Å². The van der Waals surface area contributed by atoms with Crippen molar-refractivity contribution in [2.75, 3.05) is 13.2 Å². The van der Waals surface area contributed by atoms with E-state index in [9.17, 15) is 0 Å². The van der Waals surface area contributed by atoms with Gasteiger partial charge in [0.05, 0.1) is 12.3 Å². The van der Waals surface area contributed by atoms with Gasteiger partial charge in [0.15, 0.2) is 6.23 Å². The maximum atomic E-state index is 5.31. The van der Waals surface area contributed by atoms with Gasteiger partial charge in [-0.25, -0.2) is 5.32 Å². The molecule has 2 heterocycles. The molecule has 3 nitrogen and oxygen atoms in total. The Labute approximate surface area is 65.4 Å². The summed E-state index contributed by atoms with van der Waals surface area (Å²) in [5.41, 5.74) is 0.907. The molecule has 0 aromatic carbocycles. The molecular weight excluding hydrogens is 140 g/mol. The van der Waals surface area contributed by atoms with Gasteiger partial charge in [-0.1, -0.05) is 6.07 Å². The van der Waals surface area contributed by atoms with Crippen LogP contribution in [0.3, 0.4) is 0 Å². The highest BCUT2D eigenvalue weighted by Gasteiger charge is 2.18. The third kappa shape index (κ3) is 1.39. The Morgan fingerprint density at radius 3 is 3.09 bits per heavy atom. The number of hydrogen-bond donors (Lipinski definition) is 0. The molecule has 0 amide bonds. The largest absolute Gasteiger partial charge is 0.355 e. The summed E-state index contributed by atoms with van der Waals surface area (Å²) < 4.78 is 5.31. The van der Waals surface area contributed by atoms with Crippen LogP contribution in [0, 0.1) is 0 Å². The van der Waals surface area contributed by atoms with Crippen LogP contribution in [0.25, 0.3) is 0 Å². The SMILES string of the molecule is c1ccc(C2[N]CCO2)nc1. The van der Waals surface area contributed by atoms with Gasteiger partial charge in [-0.05, 0) is 12.1 Å². The molecule has 0 saturated carbocycles. The van der Waals surface area contributed by atoms with Gasteiger partial charge < -0.3 is 4.74 Å². The molecule has 2 rings (SSSR count). The number of nitrogens with zero attached hydrogens (tertiary/aromatic N) is 2. The molecule has 1 radical (unpaired) electrons. The molecule has 11 heavy (non-hydrogen) atoms. The summed E-state index contributed by atoms with van der Waals surface area (Å²) in [6.07, 6.45) is 1.64. The first-order chi connectivity index (χ1) is 5.47. The number of rotatable bonds is 1. The molecule has 57 valence electrons. The van der Waals surface area contributed by atoms with Crippen LogP contribution in [0.15, 0.2) is 24.4 Å².